The van der Waals surface area contributed by atoms with Gasteiger partial charge in [-0.25, -0.2) is 0 Å². The lowest BCUT2D eigenvalue weighted by molar-refractivity contribution is 0.0425. The van der Waals surface area contributed by atoms with Crippen LogP contribution in [-0.2, 0) is 0 Å². The van der Waals surface area contributed by atoms with Crippen LogP contribution in [0, 0.1) is 11.3 Å². The van der Waals surface area contributed by atoms with Crippen molar-refractivity contribution in [2.75, 3.05) is 0 Å². The minimum Gasteiger partial charge on any atom is -0.393 e. The molecule has 0 radical (unpaired) electrons. The van der Waals surface area contributed by atoms with E-state index in [0.29, 0.717) is 5.92 Å². The lowest BCUT2D eigenvalue weighted by atomic mass is 9.77. The Balaban J connectivity index is 3.79. The van der Waals surface area contributed by atoms with Crippen LogP contribution in [0.15, 0.2) is 0 Å². The summed E-state index contributed by atoms with van der Waals surface area (Å²) in [6, 6.07) is 0. The van der Waals surface area contributed by atoms with Crippen LogP contribution in [0.4, 0.5) is 0 Å². The van der Waals surface area contributed by atoms with E-state index < -0.39 is 0 Å². The standard InChI is InChI=1S/C13H28O2/c1-6-11(14)8-7-9-12(15)10(2)13(3,4)5/h10-12,14-15H,6-9H2,1-5H3. The Morgan fingerprint density at radius 3 is 2.00 bits per heavy atom. The van der Waals surface area contributed by atoms with E-state index in [1.54, 1.807) is 0 Å². The van der Waals surface area contributed by atoms with Crippen LogP contribution in [-0.4, -0.2) is 22.4 Å². The summed E-state index contributed by atoms with van der Waals surface area (Å²) in [7, 11) is 0. The molecule has 0 heterocycles. The minimum atomic E-state index is -0.242. The zero-order valence-corrected chi connectivity index (χ0v) is 11.0. The maximum atomic E-state index is 9.96. The normalized spacial score (nSPS) is 18.6. The number of rotatable bonds is 6. The Kier molecular flexibility index (Phi) is 6.46. The molecule has 0 aliphatic carbocycles. The van der Waals surface area contributed by atoms with E-state index in [4.69, 9.17) is 0 Å². The van der Waals surface area contributed by atoms with Crippen molar-refractivity contribution in [3.8, 4) is 0 Å². The summed E-state index contributed by atoms with van der Waals surface area (Å²) < 4.78 is 0. The summed E-state index contributed by atoms with van der Waals surface area (Å²) in [5.41, 5.74) is 0.156. The second-order valence-electron chi connectivity index (χ2n) is 5.72. The van der Waals surface area contributed by atoms with E-state index in [-0.39, 0.29) is 17.6 Å². The highest BCUT2D eigenvalue weighted by Crippen LogP contribution is 2.30. The van der Waals surface area contributed by atoms with Gasteiger partial charge in [-0.05, 0) is 37.0 Å². The van der Waals surface area contributed by atoms with Gasteiger partial charge in [0.25, 0.3) is 0 Å². The second kappa shape index (κ2) is 6.49. The molecule has 0 aromatic rings. The third kappa shape index (κ3) is 6.16. The zero-order chi connectivity index (χ0) is 12.1. The van der Waals surface area contributed by atoms with Crippen molar-refractivity contribution >= 4 is 0 Å². The summed E-state index contributed by atoms with van der Waals surface area (Å²) in [6.45, 7) is 10.5. The molecule has 0 saturated heterocycles. The van der Waals surface area contributed by atoms with Crippen molar-refractivity contribution in [3.05, 3.63) is 0 Å². The van der Waals surface area contributed by atoms with Crippen molar-refractivity contribution in [3.63, 3.8) is 0 Å². The third-order valence-electron chi connectivity index (χ3n) is 3.45. The van der Waals surface area contributed by atoms with Gasteiger partial charge in [0.05, 0.1) is 12.2 Å². The van der Waals surface area contributed by atoms with E-state index >= 15 is 0 Å². The van der Waals surface area contributed by atoms with E-state index in [2.05, 4.69) is 27.7 Å². The molecule has 0 aromatic heterocycles. The first-order valence-corrected chi connectivity index (χ1v) is 6.15. The van der Waals surface area contributed by atoms with Gasteiger partial charge in [-0.1, -0.05) is 34.6 Å². The van der Waals surface area contributed by atoms with Crippen LogP contribution in [0.1, 0.15) is 60.3 Å². The number of aliphatic hydroxyl groups is 2. The SMILES string of the molecule is CCC(O)CCCC(O)C(C)C(C)(C)C. The Morgan fingerprint density at radius 2 is 1.60 bits per heavy atom. The molecule has 0 aliphatic rings. The first kappa shape index (κ1) is 14.9. The second-order valence-corrected chi connectivity index (χ2v) is 5.72. The summed E-state index contributed by atoms with van der Waals surface area (Å²) >= 11 is 0. The first-order chi connectivity index (χ1) is 6.79. The fourth-order valence-electron chi connectivity index (χ4n) is 1.59. The molecule has 0 rings (SSSR count). The first-order valence-electron chi connectivity index (χ1n) is 6.15. The molecule has 0 fully saturated rings. The largest absolute Gasteiger partial charge is 0.393 e. The van der Waals surface area contributed by atoms with Crippen molar-refractivity contribution in [1.29, 1.82) is 0 Å². The predicted molar refractivity (Wildman–Crippen MR) is 64.8 cm³/mol. The highest BCUT2D eigenvalue weighted by molar-refractivity contribution is 4.76. The molecule has 2 nitrogen and oxygen atoms in total. The molecule has 3 atom stereocenters. The van der Waals surface area contributed by atoms with Gasteiger partial charge in [-0.15, -0.1) is 0 Å². The maximum Gasteiger partial charge on any atom is 0.0570 e. The molecule has 0 aliphatic heterocycles. The molecule has 0 saturated carbocycles. The van der Waals surface area contributed by atoms with Crippen LogP contribution < -0.4 is 0 Å². The van der Waals surface area contributed by atoms with Crippen molar-refractivity contribution in [2.45, 2.75) is 72.5 Å². The molecule has 0 amide bonds. The predicted octanol–water partition coefficient (Wildman–Crippen LogP) is 2.97. The van der Waals surface area contributed by atoms with Gasteiger partial charge in [-0.2, -0.15) is 0 Å². The average Bonchev–Trinajstić information content (AvgIpc) is 2.14. The number of aliphatic hydroxyl groups excluding tert-OH is 2. The average molecular weight is 216 g/mol. The minimum absolute atomic E-state index is 0.156. The van der Waals surface area contributed by atoms with Crippen LogP contribution in [0.5, 0.6) is 0 Å². The van der Waals surface area contributed by atoms with E-state index in [1.165, 1.54) is 0 Å². The van der Waals surface area contributed by atoms with Gasteiger partial charge >= 0.3 is 0 Å². The van der Waals surface area contributed by atoms with Gasteiger partial charge in [0.15, 0.2) is 0 Å². The highest BCUT2D eigenvalue weighted by atomic mass is 16.3. The molecule has 0 aromatic carbocycles. The molecule has 0 spiro atoms. The van der Waals surface area contributed by atoms with Gasteiger partial charge in [-0.3, -0.25) is 0 Å². The van der Waals surface area contributed by atoms with Crippen molar-refractivity contribution in [1.82, 2.24) is 0 Å². The van der Waals surface area contributed by atoms with E-state index in [9.17, 15) is 10.2 Å². The molecule has 0 bridgehead atoms. The summed E-state index contributed by atoms with van der Waals surface area (Å²) in [5, 5.41) is 19.3. The number of hydrogen-bond acceptors (Lipinski definition) is 2. The van der Waals surface area contributed by atoms with E-state index in [0.717, 1.165) is 25.7 Å². The fourth-order valence-corrected chi connectivity index (χ4v) is 1.59. The highest BCUT2D eigenvalue weighted by Gasteiger charge is 2.26. The third-order valence-corrected chi connectivity index (χ3v) is 3.45. The van der Waals surface area contributed by atoms with Crippen molar-refractivity contribution in [2.24, 2.45) is 11.3 Å². The van der Waals surface area contributed by atoms with Gasteiger partial charge in [0, 0.05) is 0 Å². The molecule has 15 heavy (non-hydrogen) atoms. The Morgan fingerprint density at radius 1 is 1.07 bits per heavy atom. The molecular weight excluding hydrogens is 188 g/mol. The van der Waals surface area contributed by atoms with Crippen LogP contribution in [0.2, 0.25) is 0 Å². The monoisotopic (exact) mass is 216 g/mol. The topological polar surface area (TPSA) is 40.5 Å². The Labute approximate surface area is 94.7 Å². The molecular formula is C13H28O2. The fraction of sp³-hybridized carbons (Fsp3) is 1.00. The van der Waals surface area contributed by atoms with Crippen LogP contribution in [0.3, 0.4) is 0 Å². The zero-order valence-electron chi connectivity index (χ0n) is 11.0. The summed E-state index contributed by atoms with van der Waals surface area (Å²) in [4.78, 5) is 0. The van der Waals surface area contributed by atoms with Gasteiger partial charge in [0.1, 0.15) is 0 Å². The molecule has 2 N–H and O–H groups in total. The summed E-state index contributed by atoms with van der Waals surface area (Å²) in [5.74, 6) is 0.302. The smallest absolute Gasteiger partial charge is 0.0570 e. The van der Waals surface area contributed by atoms with Gasteiger partial charge < -0.3 is 10.2 Å². The van der Waals surface area contributed by atoms with Crippen LogP contribution in [0.25, 0.3) is 0 Å². The molecule has 3 unspecified atom stereocenters. The summed E-state index contributed by atoms with van der Waals surface area (Å²) in [6.07, 6.45) is 2.90. The lowest BCUT2D eigenvalue weighted by Crippen LogP contribution is -2.29. The van der Waals surface area contributed by atoms with Crippen LogP contribution >= 0.6 is 0 Å². The molecule has 2 heteroatoms. The Hall–Kier alpha value is -0.0800. The molecule has 92 valence electrons. The maximum absolute atomic E-state index is 9.96. The van der Waals surface area contributed by atoms with Crippen molar-refractivity contribution < 1.29 is 10.2 Å². The lowest BCUT2D eigenvalue weighted by Gasteiger charge is -2.31. The van der Waals surface area contributed by atoms with Gasteiger partial charge in [0.2, 0.25) is 0 Å². The Bertz CT molecular complexity index is 160. The quantitative estimate of drug-likeness (QED) is 0.716. The number of hydrogen-bond donors (Lipinski definition) is 2. The van der Waals surface area contributed by atoms with E-state index in [1.807, 2.05) is 6.92 Å².